The molecule has 0 saturated carbocycles. The minimum Gasteiger partial charge on any atom is -0.395 e. The van der Waals surface area contributed by atoms with Crippen molar-refractivity contribution in [3.63, 3.8) is 0 Å². The Morgan fingerprint density at radius 1 is 0.868 bits per heavy atom. The molecule has 2 fully saturated rings. The fraction of sp³-hybridized carbons (Fsp3) is 0.367. The lowest BCUT2D eigenvalue weighted by Crippen LogP contribution is -2.53. The predicted octanol–water partition coefficient (Wildman–Crippen LogP) is 2.87. The molecule has 8 heteroatoms. The SMILES string of the molecule is C[C@]12C=CCN(c3ccccc3)C(=O)[C@H]1[C@H]1C(=O)N(CCO)C3C(=O)N(Cc4ccccc4)CC=C[C@@]31S2. The summed E-state index contributed by atoms with van der Waals surface area (Å²) in [7, 11) is 0. The number of benzene rings is 2. The number of likely N-dealkylation sites (tertiary alicyclic amines) is 1. The number of anilines is 1. The zero-order valence-electron chi connectivity index (χ0n) is 21.3. The van der Waals surface area contributed by atoms with Crippen LogP contribution in [0.3, 0.4) is 0 Å². The number of hydrogen-bond acceptors (Lipinski definition) is 5. The molecule has 3 amide bonds. The van der Waals surface area contributed by atoms with Crippen LogP contribution < -0.4 is 4.90 Å². The number of aliphatic hydroxyl groups excluding tert-OH is 1. The van der Waals surface area contributed by atoms with E-state index in [2.05, 4.69) is 6.08 Å². The lowest BCUT2D eigenvalue weighted by Gasteiger charge is -2.36. The van der Waals surface area contributed by atoms with Crippen LogP contribution in [0, 0.1) is 11.8 Å². The van der Waals surface area contributed by atoms with Crippen LogP contribution >= 0.6 is 11.8 Å². The van der Waals surface area contributed by atoms with E-state index in [0.717, 1.165) is 11.3 Å². The Morgan fingerprint density at radius 3 is 2.26 bits per heavy atom. The number of hydrogen-bond donors (Lipinski definition) is 1. The van der Waals surface area contributed by atoms with Crippen molar-refractivity contribution in [3.05, 3.63) is 90.5 Å². The van der Waals surface area contributed by atoms with E-state index in [9.17, 15) is 19.5 Å². The quantitative estimate of drug-likeness (QED) is 0.603. The van der Waals surface area contributed by atoms with Crippen LogP contribution in [0.25, 0.3) is 0 Å². The molecule has 2 aromatic rings. The summed E-state index contributed by atoms with van der Waals surface area (Å²) in [6.07, 6.45) is 8.06. The molecular weight excluding hydrogens is 498 g/mol. The molecule has 1 unspecified atom stereocenters. The largest absolute Gasteiger partial charge is 0.395 e. The van der Waals surface area contributed by atoms with Crippen molar-refractivity contribution in [1.82, 2.24) is 9.80 Å². The van der Waals surface area contributed by atoms with Gasteiger partial charge in [0, 0.05) is 36.6 Å². The first-order valence-corrected chi connectivity index (χ1v) is 13.9. The molecular formula is C30H31N3O4S. The summed E-state index contributed by atoms with van der Waals surface area (Å²) in [6.45, 7) is 3.08. The van der Waals surface area contributed by atoms with Crippen molar-refractivity contribution < 1.29 is 19.5 Å². The van der Waals surface area contributed by atoms with Crippen LogP contribution in [0.5, 0.6) is 0 Å². The normalized spacial score (nSPS) is 32.2. The van der Waals surface area contributed by atoms with Gasteiger partial charge in [0.2, 0.25) is 17.7 Å². The van der Waals surface area contributed by atoms with E-state index < -0.39 is 27.4 Å². The van der Waals surface area contributed by atoms with Crippen molar-refractivity contribution >= 4 is 35.2 Å². The molecule has 4 aliphatic heterocycles. The predicted molar refractivity (Wildman–Crippen MR) is 147 cm³/mol. The van der Waals surface area contributed by atoms with Crippen LogP contribution in [0.1, 0.15) is 12.5 Å². The van der Waals surface area contributed by atoms with Gasteiger partial charge in [0.25, 0.3) is 0 Å². The summed E-state index contributed by atoms with van der Waals surface area (Å²) in [5.41, 5.74) is 1.79. The zero-order valence-corrected chi connectivity index (χ0v) is 22.1. The molecule has 0 aromatic heterocycles. The molecule has 2 aromatic carbocycles. The Kier molecular flexibility index (Phi) is 6.19. The van der Waals surface area contributed by atoms with E-state index >= 15 is 0 Å². The van der Waals surface area contributed by atoms with E-state index in [0.29, 0.717) is 19.6 Å². The average molecular weight is 530 g/mol. The van der Waals surface area contributed by atoms with Gasteiger partial charge in [-0.1, -0.05) is 72.8 Å². The van der Waals surface area contributed by atoms with Crippen molar-refractivity contribution in [2.45, 2.75) is 29.0 Å². The monoisotopic (exact) mass is 529 g/mol. The zero-order chi connectivity index (χ0) is 26.5. The molecule has 4 aliphatic rings. The van der Waals surface area contributed by atoms with Crippen molar-refractivity contribution in [2.24, 2.45) is 11.8 Å². The molecule has 196 valence electrons. The lowest BCUT2D eigenvalue weighted by atomic mass is 9.74. The third-order valence-corrected chi connectivity index (χ3v) is 10.1. The highest BCUT2D eigenvalue weighted by Crippen LogP contribution is 2.65. The fourth-order valence-electron chi connectivity index (χ4n) is 6.70. The number of nitrogens with zero attached hydrogens (tertiary/aromatic N) is 3. The highest BCUT2D eigenvalue weighted by Gasteiger charge is 2.73. The van der Waals surface area contributed by atoms with E-state index in [1.54, 1.807) is 21.6 Å². The molecule has 1 N–H and O–H groups in total. The van der Waals surface area contributed by atoms with Crippen LogP contribution in [0.2, 0.25) is 0 Å². The molecule has 5 atom stereocenters. The van der Waals surface area contributed by atoms with Gasteiger partial charge in [-0.2, -0.15) is 0 Å². The van der Waals surface area contributed by atoms with Crippen LogP contribution in [0.4, 0.5) is 5.69 Å². The number of amides is 3. The minimum absolute atomic E-state index is 0.0525. The number of carbonyl (C=O) groups excluding carboxylic acids is 3. The van der Waals surface area contributed by atoms with Crippen LogP contribution in [-0.4, -0.2) is 74.4 Å². The Balaban J connectivity index is 1.43. The van der Waals surface area contributed by atoms with Gasteiger partial charge in [-0.15, -0.1) is 11.8 Å². The molecule has 38 heavy (non-hydrogen) atoms. The summed E-state index contributed by atoms with van der Waals surface area (Å²) in [6, 6.07) is 18.5. The van der Waals surface area contributed by atoms with Gasteiger partial charge >= 0.3 is 0 Å². The van der Waals surface area contributed by atoms with Crippen LogP contribution in [-0.2, 0) is 20.9 Å². The second-order valence-corrected chi connectivity index (χ2v) is 12.3. The highest BCUT2D eigenvalue weighted by atomic mass is 32.2. The van der Waals surface area contributed by atoms with Crippen LogP contribution in [0.15, 0.2) is 85.0 Å². The second-order valence-electron chi connectivity index (χ2n) is 10.5. The molecule has 4 heterocycles. The van der Waals surface area contributed by atoms with Crippen molar-refractivity contribution in [2.75, 3.05) is 31.1 Å². The van der Waals surface area contributed by atoms with Gasteiger partial charge < -0.3 is 19.8 Å². The van der Waals surface area contributed by atoms with E-state index in [4.69, 9.17) is 0 Å². The first kappa shape index (κ1) is 24.9. The maximum absolute atomic E-state index is 14.3. The number of fused-ring (bicyclic) bond motifs is 2. The molecule has 0 aliphatic carbocycles. The van der Waals surface area contributed by atoms with Crippen molar-refractivity contribution in [3.8, 4) is 0 Å². The van der Waals surface area contributed by atoms with Gasteiger partial charge in [0.1, 0.15) is 6.04 Å². The Labute approximate surface area is 226 Å². The molecule has 2 saturated heterocycles. The summed E-state index contributed by atoms with van der Waals surface area (Å²) < 4.78 is -1.57. The standard InChI is InChI=1S/C30H31N3O4S/c1-29-14-8-17-32(22-12-6-3-7-13-22)26(35)23(29)24-27(36)33(18-19-34)25-28(37)31(16-9-15-30(24,25)38-29)20-21-10-4-2-5-11-21/h2-15,23-25,34H,16-20H2,1H3/t23-,24+,25?,29+,30+/m1/s1. The minimum atomic E-state index is -0.909. The molecule has 0 bridgehead atoms. The average Bonchev–Trinajstić information content (AvgIpc) is 3.18. The van der Waals surface area contributed by atoms with E-state index in [1.165, 1.54) is 4.90 Å². The van der Waals surface area contributed by atoms with Gasteiger partial charge in [-0.3, -0.25) is 14.4 Å². The summed E-state index contributed by atoms with van der Waals surface area (Å²) in [5.74, 6) is -1.86. The summed E-state index contributed by atoms with van der Waals surface area (Å²) in [5, 5.41) is 9.89. The van der Waals surface area contributed by atoms with E-state index in [-0.39, 0.29) is 30.9 Å². The third-order valence-electron chi connectivity index (χ3n) is 8.27. The second kappa shape index (κ2) is 9.43. The lowest BCUT2D eigenvalue weighted by molar-refractivity contribution is -0.143. The third kappa shape index (κ3) is 3.73. The van der Waals surface area contributed by atoms with Crippen molar-refractivity contribution in [1.29, 1.82) is 0 Å². The first-order valence-electron chi connectivity index (χ1n) is 13.1. The molecule has 7 nitrogen and oxygen atoms in total. The first-order chi connectivity index (χ1) is 18.4. The Morgan fingerprint density at radius 2 is 1.55 bits per heavy atom. The maximum Gasteiger partial charge on any atom is 0.247 e. The molecule has 0 radical (unpaired) electrons. The number of rotatable bonds is 5. The fourth-order valence-corrected chi connectivity index (χ4v) is 8.86. The maximum atomic E-state index is 14.3. The van der Waals surface area contributed by atoms with Gasteiger partial charge in [0.15, 0.2) is 0 Å². The van der Waals surface area contributed by atoms with E-state index in [1.807, 2.05) is 85.8 Å². The van der Waals surface area contributed by atoms with Gasteiger partial charge in [-0.25, -0.2) is 0 Å². The van der Waals surface area contributed by atoms with Gasteiger partial charge in [-0.05, 0) is 24.6 Å². The Hall–Kier alpha value is -3.36. The molecule has 1 spiro atoms. The summed E-state index contributed by atoms with van der Waals surface area (Å²) >= 11 is 1.56. The molecule has 6 rings (SSSR count). The number of β-amino-alcohol motifs (C(OH)–C–C–N with tert-alkyl or cyclic N) is 1. The number of carbonyl (C=O) groups is 3. The topological polar surface area (TPSA) is 81.2 Å². The number of thioether (sulfide) groups is 1. The number of para-hydroxylation sites is 1. The highest BCUT2D eigenvalue weighted by molar-refractivity contribution is 8.02. The Bertz CT molecular complexity index is 1320. The number of aliphatic hydroxyl groups is 1. The summed E-state index contributed by atoms with van der Waals surface area (Å²) in [4.78, 5) is 47.7. The van der Waals surface area contributed by atoms with Gasteiger partial charge in [0.05, 0.1) is 23.2 Å². The smallest absolute Gasteiger partial charge is 0.247 e.